The SMILES string of the molecule is Cc1ccc(Cc2ccc(-c3ccccc3)c([N+](=O)[O-])c2C)cc1. The number of nitro groups is 1. The molecule has 0 saturated heterocycles. The lowest BCUT2D eigenvalue weighted by molar-refractivity contribution is -0.384. The molecule has 0 saturated carbocycles. The highest BCUT2D eigenvalue weighted by Gasteiger charge is 2.21. The van der Waals surface area contributed by atoms with E-state index in [1.165, 1.54) is 5.56 Å². The molecule has 24 heavy (non-hydrogen) atoms. The van der Waals surface area contributed by atoms with Crippen LogP contribution in [0.25, 0.3) is 11.1 Å². The Hall–Kier alpha value is -2.94. The van der Waals surface area contributed by atoms with Crippen LogP contribution in [-0.4, -0.2) is 4.92 Å². The maximum absolute atomic E-state index is 11.7. The molecule has 0 aliphatic carbocycles. The van der Waals surface area contributed by atoms with Crippen molar-refractivity contribution in [3.63, 3.8) is 0 Å². The molecule has 0 bridgehead atoms. The summed E-state index contributed by atoms with van der Waals surface area (Å²) in [7, 11) is 0. The van der Waals surface area contributed by atoms with Crippen molar-refractivity contribution in [3.8, 4) is 11.1 Å². The van der Waals surface area contributed by atoms with Gasteiger partial charge in [0.25, 0.3) is 5.69 Å². The molecule has 3 heteroatoms. The van der Waals surface area contributed by atoms with E-state index in [1.807, 2.05) is 49.4 Å². The molecular weight excluding hydrogens is 298 g/mol. The third-order valence-electron chi connectivity index (χ3n) is 4.33. The molecule has 0 radical (unpaired) electrons. The van der Waals surface area contributed by atoms with Crippen molar-refractivity contribution >= 4 is 5.69 Å². The maximum atomic E-state index is 11.7. The summed E-state index contributed by atoms with van der Waals surface area (Å²) in [6, 6.07) is 21.7. The van der Waals surface area contributed by atoms with Gasteiger partial charge in [-0.2, -0.15) is 0 Å². The van der Waals surface area contributed by atoms with Crippen LogP contribution < -0.4 is 0 Å². The van der Waals surface area contributed by atoms with Gasteiger partial charge in [-0.15, -0.1) is 0 Å². The molecule has 3 aromatic rings. The summed E-state index contributed by atoms with van der Waals surface area (Å²) in [5, 5.41) is 11.7. The minimum Gasteiger partial charge on any atom is -0.258 e. The van der Waals surface area contributed by atoms with Gasteiger partial charge in [-0.1, -0.05) is 66.2 Å². The molecule has 3 rings (SSSR count). The van der Waals surface area contributed by atoms with Crippen LogP contribution in [0.3, 0.4) is 0 Å². The van der Waals surface area contributed by atoms with Crippen LogP contribution in [-0.2, 0) is 6.42 Å². The van der Waals surface area contributed by atoms with Gasteiger partial charge in [0.1, 0.15) is 0 Å². The zero-order chi connectivity index (χ0) is 17.1. The lowest BCUT2D eigenvalue weighted by Gasteiger charge is -2.11. The smallest absolute Gasteiger partial charge is 0.258 e. The van der Waals surface area contributed by atoms with Crippen LogP contribution in [0.4, 0.5) is 5.69 Å². The number of hydrogen-bond donors (Lipinski definition) is 0. The van der Waals surface area contributed by atoms with Gasteiger partial charge in [0.15, 0.2) is 0 Å². The highest BCUT2D eigenvalue weighted by molar-refractivity contribution is 5.76. The number of rotatable bonds is 4. The lowest BCUT2D eigenvalue weighted by atomic mass is 9.93. The van der Waals surface area contributed by atoms with Crippen molar-refractivity contribution in [2.24, 2.45) is 0 Å². The van der Waals surface area contributed by atoms with Crippen molar-refractivity contribution in [1.82, 2.24) is 0 Å². The first-order chi connectivity index (χ1) is 11.6. The minimum absolute atomic E-state index is 0.200. The van der Waals surface area contributed by atoms with E-state index in [0.717, 1.165) is 22.3 Å². The average Bonchev–Trinajstić information content (AvgIpc) is 2.59. The molecule has 3 nitrogen and oxygen atoms in total. The molecule has 0 N–H and O–H groups in total. The van der Waals surface area contributed by atoms with E-state index in [1.54, 1.807) is 0 Å². The first kappa shape index (κ1) is 15.9. The maximum Gasteiger partial charge on any atom is 0.280 e. The standard InChI is InChI=1S/C21H19NO2/c1-15-8-10-17(11-9-15)14-19-12-13-20(18-6-4-3-5-7-18)21(16(19)2)22(23)24/h3-13H,14H2,1-2H3. The summed E-state index contributed by atoms with van der Waals surface area (Å²) in [5.74, 6) is 0. The quantitative estimate of drug-likeness (QED) is 0.473. The number of hydrogen-bond acceptors (Lipinski definition) is 2. The minimum atomic E-state index is -0.268. The molecule has 0 aromatic heterocycles. The average molecular weight is 317 g/mol. The summed E-state index contributed by atoms with van der Waals surface area (Å²) in [4.78, 5) is 11.4. The Bertz CT molecular complexity index is 868. The normalized spacial score (nSPS) is 10.6. The Labute approximate surface area is 141 Å². The van der Waals surface area contributed by atoms with Crippen molar-refractivity contribution in [2.45, 2.75) is 20.3 Å². The van der Waals surface area contributed by atoms with Crippen LogP contribution in [0.2, 0.25) is 0 Å². The second-order valence-corrected chi connectivity index (χ2v) is 6.03. The summed E-state index contributed by atoms with van der Waals surface area (Å²) in [5.41, 5.74) is 5.84. The molecule has 0 amide bonds. The van der Waals surface area contributed by atoms with Crippen LogP contribution in [0.5, 0.6) is 0 Å². The molecule has 0 atom stereocenters. The molecule has 0 fully saturated rings. The van der Waals surface area contributed by atoms with Crippen LogP contribution in [0.15, 0.2) is 66.7 Å². The zero-order valence-electron chi connectivity index (χ0n) is 13.8. The highest BCUT2D eigenvalue weighted by atomic mass is 16.6. The van der Waals surface area contributed by atoms with Crippen LogP contribution in [0, 0.1) is 24.0 Å². The van der Waals surface area contributed by atoms with Gasteiger partial charge < -0.3 is 0 Å². The Morgan fingerprint density at radius 3 is 2.17 bits per heavy atom. The number of benzene rings is 3. The number of nitrogens with zero attached hydrogens (tertiary/aromatic N) is 1. The van der Waals surface area contributed by atoms with E-state index in [4.69, 9.17) is 0 Å². The second-order valence-electron chi connectivity index (χ2n) is 6.03. The number of aryl methyl sites for hydroxylation is 1. The molecular formula is C21H19NO2. The summed E-state index contributed by atoms with van der Waals surface area (Å²) in [6.07, 6.45) is 0.696. The van der Waals surface area contributed by atoms with E-state index in [2.05, 4.69) is 31.2 Å². The van der Waals surface area contributed by atoms with E-state index in [0.29, 0.717) is 12.0 Å². The van der Waals surface area contributed by atoms with Gasteiger partial charge in [-0.25, -0.2) is 0 Å². The molecule has 0 unspecified atom stereocenters. The second kappa shape index (κ2) is 6.67. The van der Waals surface area contributed by atoms with Crippen LogP contribution >= 0.6 is 0 Å². The molecule has 3 aromatic carbocycles. The predicted molar refractivity (Wildman–Crippen MR) is 97.3 cm³/mol. The molecule has 0 aliphatic rings. The first-order valence-electron chi connectivity index (χ1n) is 7.94. The van der Waals surface area contributed by atoms with Gasteiger partial charge in [0.2, 0.25) is 0 Å². The largest absolute Gasteiger partial charge is 0.280 e. The van der Waals surface area contributed by atoms with Gasteiger partial charge >= 0.3 is 0 Å². The van der Waals surface area contributed by atoms with Gasteiger partial charge in [0, 0.05) is 5.56 Å². The molecule has 0 spiro atoms. The summed E-state index contributed by atoms with van der Waals surface area (Å²) < 4.78 is 0. The first-order valence-corrected chi connectivity index (χ1v) is 7.94. The third-order valence-corrected chi connectivity index (χ3v) is 4.33. The van der Waals surface area contributed by atoms with Gasteiger partial charge in [-0.3, -0.25) is 10.1 Å². The summed E-state index contributed by atoms with van der Waals surface area (Å²) >= 11 is 0. The third kappa shape index (κ3) is 3.20. The monoisotopic (exact) mass is 317 g/mol. The fraction of sp³-hybridized carbons (Fsp3) is 0.143. The van der Waals surface area contributed by atoms with E-state index in [9.17, 15) is 10.1 Å². The Balaban J connectivity index is 2.05. The Morgan fingerprint density at radius 2 is 1.54 bits per heavy atom. The fourth-order valence-electron chi connectivity index (χ4n) is 2.95. The Kier molecular flexibility index (Phi) is 4.43. The Morgan fingerprint density at radius 1 is 0.875 bits per heavy atom. The van der Waals surface area contributed by atoms with Crippen molar-refractivity contribution in [3.05, 3.63) is 99.1 Å². The van der Waals surface area contributed by atoms with Gasteiger partial charge in [0.05, 0.1) is 10.5 Å². The summed E-state index contributed by atoms with van der Waals surface area (Å²) in [6.45, 7) is 3.89. The van der Waals surface area contributed by atoms with Gasteiger partial charge in [-0.05, 0) is 43.0 Å². The predicted octanol–water partition coefficient (Wildman–Crippen LogP) is 5.47. The van der Waals surface area contributed by atoms with E-state index >= 15 is 0 Å². The zero-order valence-corrected chi connectivity index (χ0v) is 13.8. The van der Waals surface area contributed by atoms with Crippen molar-refractivity contribution in [1.29, 1.82) is 0 Å². The molecule has 120 valence electrons. The van der Waals surface area contributed by atoms with E-state index in [-0.39, 0.29) is 10.6 Å². The van der Waals surface area contributed by atoms with E-state index < -0.39 is 0 Å². The molecule has 0 aliphatic heterocycles. The van der Waals surface area contributed by atoms with Crippen molar-refractivity contribution < 1.29 is 4.92 Å². The highest BCUT2D eigenvalue weighted by Crippen LogP contribution is 2.35. The fourth-order valence-corrected chi connectivity index (χ4v) is 2.95. The number of nitro benzene ring substituents is 1. The van der Waals surface area contributed by atoms with Crippen molar-refractivity contribution in [2.75, 3.05) is 0 Å². The molecule has 0 heterocycles. The van der Waals surface area contributed by atoms with Crippen LogP contribution in [0.1, 0.15) is 22.3 Å². The lowest BCUT2D eigenvalue weighted by Crippen LogP contribution is -2.00. The topological polar surface area (TPSA) is 43.1 Å².